The summed E-state index contributed by atoms with van der Waals surface area (Å²) in [5, 5.41) is 2.40. The van der Waals surface area contributed by atoms with Crippen LogP contribution in [-0.4, -0.2) is 36.9 Å². The van der Waals surface area contributed by atoms with Gasteiger partial charge < -0.3 is 10.2 Å². The maximum atomic E-state index is 11.2. The van der Waals surface area contributed by atoms with Crippen LogP contribution in [0.2, 0.25) is 0 Å². The average molecular weight is 172 g/mol. The fraction of sp³-hybridized carbons (Fsp3) is 0.750. The lowest BCUT2D eigenvalue weighted by atomic mass is 10.3. The maximum absolute atomic E-state index is 11.2. The number of hydrogen-bond acceptors (Lipinski definition) is 2. The van der Waals surface area contributed by atoms with Crippen LogP contribution in [0.25, 0.3) is 0 Å². The van der Waals surface area contributed by atoms with E-state index in [2.05, 4.69) is 5.32 Å². The highest BCUT2D eigenvalue weighted by atomic mass is 16.2. The fourth-order valence-corrected chi connectivity index (χ4v) is 0.638. The molecule has 4 nitrogen and oxygen atoms in total. The summed E-state index contributed by atoms with van der Waals surface area (Å²) in [4.78, 5) is 23.6. The van der Waals surface area contributed by atoms with Gasteiger partial charge in [0, 0.05) is 20.1 Å². The van der Waals surface area contributed by atoms with E-state index in [1.807, 2.05) is 13.8 Å². The zero-order valence-corrected chi connectivity index (χ0v) is 8.05. The number of carbonyl (C=O) groups is 2. The first-order chi connectivity index (χ1) is 5.49. The predicted molar refractivity (Wildman–Crippen MR) is 46.6 cm³/mol. The molecular weight excluding hydrogens is 156 g/mol. The van der Waals surface area contributed by atoms with Crippen molar-refractivity contribution in [2.45, 2.75) is 26.3 Å². The van der Waals surface area contributed by atoms with E-state index in [4.69, 9.17) is 0 Å². The first-order valence-corrected chi connectivity index (χ1v) is 3.95. The van der Waals surface area contributed by atoms with Crippen LogP contribution < -0.4 is 5.32 Å². The van der Waals surface area contributed by atoms with Gasteiger partial charge in [-0.15, -0.1) is 0 Å². The highest BCUT2D eigenvalue weighted by Crippen LogP contribution is 1.96. The van der Waals surface area contributed by atoms with Crippen molar-refractivity contribution in [3.63, 3.8) is 0 Å². The van der Waals surface area contributed by atoms with E-state index in [9.17, 15) is 9.59 Å². The van der Waals surface area contributed by atoms with Crippen LogP contribution in [0.15, 0.2) is 0 Å². The Morgan fingerprint density at radius 2 is 1.92 bits per heavy atom. The second-order valence-corrected chi connectivity index (χ2v) is 2.95. The van der Waals surface area contributed by atoms with Crippen molar-refractivity contribution in [1.29, 1.82) is 0 Å². The smallest absolute Gasteiger partial charge is 0.231 e. The van der Waals surface area contributed by atoms with E-state index in [1.54, 1.807) is 11.9 Å². The summed E-state index contributed by atoms with van der Waals surface area (Å²) in [5.74, 6) is -0.392. The summed E-state index contributed by atoms with van der Waals surface area (Å²) in [6.07, 6.45) is -0.0643. The Morgan fingerprint density at radius 1 is 1.42 bits per heavy atom. The normalized spacial score (nSPS) is 9.75. The van der Waals surface area contributed by atoms with Crippen molar-refractivity contribution in [2.24, 2.45) is 0 Å². The van der Waals surface area contributed by atoms with Crippen LogP contribution in [0.1, 0.15) is 20.3 Å². The van der Waals surface area contributed by atoms with E-state index < -0.39 is 0 Å². The van der Waals surface area contributed by atoms with E-state index in [0.29, 0.717) is 0 Å². The molecule has 0 saturated carbocycles. The molecule has 4 heteroatoms. The van der Waals surface area contributed by atoms with E-state index >= 15 is 0 Å². The molecule has 0 heterocycles. The van der Waals surface area contributed by atoms with Crippen LogP contribution in [0.5, 0.6) is 0 Å². The summed E-state index contributed by atoms with van der Waals surface area (Å²) in [6.45, 7) is 3.81. The molecule has 12 heavy (non-hydrogen) atoms. The summed E-state index contributed by atoms with van der Waals surface area (Å²) < 4.78 is 0. The van der Waals surface area contributed by atoms with Crippen LogP contribution in [0.4, 0.5) is 0 Å². The third-order valence-electron chi connectivity index (χ3n) is 1.76. The van der Waals surface area contributed by atoms with Gasteiger partial charge in [-0.05, 0) is 13.8 Å². The minimum absolute atomic E-state index is 0.0643. The Morgan fingerprint density at radius 3 is 2.25 bits per heavy atom. The molecule has 0 aromatic rings. The van der Waals surface area contributed by atoms with Gasteiger partial charge in [0.2, 0.25) is 11.8 Å². The summed E-state index contributed by atoms with van der Waals surface area (Å²) in [6, 6.07) is 0.141. The summed E-state index contributed by atoms with van der Waals surface area (Å²) in [7, 11) is 3.21. The van der Waals surface area contributed by atoms with E-state index in [0.717, 1.165) is 0 Å². The number of hydrogen-bond donors (Lipinski definition) is 1. The standard InChI is InChI=1S/C8H16N2O2/c1-6(2)10(4)8(12)5-7(11)9-3/h6H,5H2,1-4H3,(H,9,11). The Labute approximate surface area is 72.9 Å². The van der Waals surface area contributed by atoms with Crippen LogP contribution in [0.3, 0.4) is 0 Å². The molecule has 1 N–H and O–H groups in total. The highest BCUT2D eigenvalue weighted by molar-refractivity contribution is 5.96. The highest BCUT2D eigenvalue weighted by Gasteiger charge is 2.14. The van der Waals surface area contributed by atoms with Crippen molar-refractivity contribution >= 4 is 11.8 Å². The van der Waals surface area contributed by atoms with Gasteiger partial charge in [-0.1, -0.05) is 0 Å². The third-order valence-corrected chi connectivity index (χ3v) is 1.76. The molecule has 2 amide bonds. The van der Waals surface area contributed by atoms with Crippen molar-refractivity contribution < 1.29 is 9.59 Å². The molecule has 0 aliphatic rings. The zero-order valence-electron chi connectivity index (χ0n) is 8.05. The molecule has 0 fully saturated rings. The lowest BCUT2D eigenvalue weighted by Gasteiger charge is -2.20. The Kier molecular flexibility index (Phi) is 4.33. The van der Waals surface area contributed by atoms with Crippen molar-refractivity contribution in [2.75, 3.05) is 14.1 Å². The van der Waals surface area contributed by atoms with Gasteiger partial charge in [0.05, 0.1) is 0 Å². The van der Waals surface area contributed by atoms with Gasteiger partial charge in [-0.25, -0.2) is 0 Å². The van der Waals surface area contributed by atoms with Crippen molar-refractivity contribution in [3.05, 3.63) is 0 Å². The van der Waals surface area contributed by atoms with Crippen LogP contribution in [0, 0.1) is 0 Å². The molecule has 0 unspecified atom stereocenters. The molecule has 0 rings (SSSR count). The molecule has 0 bridgehead atoms. The molecule has 0 radical (unpaired) electrons. The van der Waals surface area contributed by atoms with Gasteiger partial charge in [0.15, 0.2) is 0 Å². The number of nitrogens with zero attached hydrogens (tertiary/aromatic N) is 1. The van der Waals surface area contributed by atoms with Gasteiger partial charge in [-0.2, -0.15) is 0 Å². The molecule has 0 spiro atoms. The topological polar surface area (TPSA) is 49.4 Å². The molecule has 70 valence electrons. The molecule has 0 aliphatic heterocycles. The van der Waals surface area contributed by atoms with Crippen LogP contribution >= 0.6 is 0 Å². The molecule has 0 aromatic carbocycles. The molecule has 0 aromatic heterocycles. The number of nitrogens with one attached hydrogen (secondary N) is 1. The average Bonchev–Trinajstić information content (AvgIpc) is 2.02. The Bertz CT molecular complexity index is 178. The second-order valence-electron chi connectivity index (χ2n) is 2.95. The van der Waals surface area contributed by atoms with Gasteiger partial charge in [0.25, 0.3) is 0 Å². The third kappa shape index (κ3) is 3.37. The number of rotatable bonds is 3. The Balaban J connectivity index is 3.96. The minimum atomic E-state index is -0.243. The predicted octanol–water partition coefficient (Wildman–Crippen LogP) is -0.0107. The van der Waals surface area contributed by atoms with Crippen LogP contribution in [-0.2, 0) is 9.59 Å². The quantitative estimate of drug-likeness (QED) is 0.609. The Hall–Kier alpha value is -1.06. The SMILES string of the molecule is CNC(=O)CC(=O)N(C)C(C)C. The number of amides is 2. The largest absolute Gasteiger partial charge is 0.359 e. The van der Waals surface area contributed by atoms with E-state index in [-0.39, 0.29) is 24.3 Å². The summed E-state index contributed by atoms with van der Waals surface area (Å²) in [5.41, 5.74) is 0. The van der Waals surface area contributed by atoms with Crippen molar-refractivity contribution in [3.8, 4) is 0 Å². The maximum Gasteiger partial charge on any atom is 0.231 e. The monoisotopic (exact) mass is 172 g/mol. The van der Waals surface area contributed by atoms with Gasteiger partial charge in [0.1, 0.15) is 6.42 Å². The van der Waals surface area contributed by atoms with Gasteiger partial charge in [-0.3, -0.25) is 9.59 Å². The molecule has 0 aliphatic carbocycles. The number of carbonyl (C=O) groups excluding carboxylic acids is 2. The molecule has 0 saturated heterocycles. The fourth-order valence-electron chi connectivity index (χ4n) is 0.638. The lowest BCUT2D eigenvalue weighted by Crippen LogP contribution is -2.36. The first-order valence-electron chi connectivity index (χ1n) is 3.95. The first kappa shape index (κ1) is 10.9. The lowest BCUT2D eigenvalue weighted by molar-refractivity contribution is -0.136. The minimum Gasteiger partial charge on any atom is -0.359 e. The molecule has 0 atom stereocenters. The van der Waals surface area contributed by atoms with Crippen molar-refractivity contribution in [1.82, 2.24) is 10.2 Å². The molecular formula is C8H16N2O2. The second kappa shape index (κ2) is 4.74. The summed E-state index contributed by atoms with van der Waals surface area (Å²) >= 11 is 0. The van der Waals surface area contributed by atoms with E-state index in [1.165, 1.54) is 7.05 Å². The van der Waals surface area contributed by atoms with Gasteiger partial charge >= 0.3 is 0 Å². The zero-order chi connectivity index (χ0) is 9.72.